The number of allylic oxidation sites excluding steroid dienone is 2. The van der Waals surface area contributed by atoms with Crippen molar-refractivity contribution in [2.45, 2.75) is 13.0 Å². The van der Waals surface area contributed by atoms with E-state index < -0.39 is 17.2 Å². The minimum atomic E-state index is -0.738. The van der Waals surface area contributed by atoms with Crippen LogP contribution in [0, 0.1) is 0 Å². The predicted molar refractivity (Wildman–Crippen MR) is 74.4 cm³/mol. The van der Waals surface area contributed by atoms with Gasteiger partial charge in [0.25, 0.3) is 0 Å². The first-order valence-electron chi connectivity index (χ1n) is 5.91. The number of hydrogen-bond acceptors (Lipinski definition) is 3. The van der Waals surface area contributed by atoms with Crippen LogP contribution in [0.1, 0.15) is 6.92 Å². The highest BCUT2D eigenvalue weighted by Crippen LogP contribution is 2.29. The molecule has 6 nitrogen and oxygen atoms in total. The van der Waals surface area contributed by atoms with Gasteiger partial charge in [0, 0.05) is 23.1 Å². The number of carbonyl (C=O) groups is 1. The first-order valence-corrected chi connectivity index (χ1v) is 6.29. The molecule has 0 saturated carbocycles. The summed E-state index contributed by atoms with van der Waals surface area (Å²) >= 11 is 6.13. The highest BCUT2D eigenvalue weighted by Gasteiger charge is 2.26. The fourth-order valence-electron chi connectivity index (χ4n) is 2.38. The Morgan fingerprint density at radius 3 is 2.70 bits per heavy atom. The Hall–Kier alpha value is -2.34. The zero-order valence-corrected chi connectivity index (χ0v) is 11.2. The number of nitrogens with one attached hydrogen (secondary N) is 3. The molecule has 0 bridgehead atoms. The molecular weight excluding hydrogens is 282 g/mol. The predicted octanol–water partition coefficient (Wildman–Crippen LogP) is -1.42. The summed E-state index contributed by atoms with van der Waals surface area (Å²) in [6.45, 7) is 1.41. The molecule has 0 aromatic carbocycles. The molecule has 0 saturated heterocycles. The molecule has 1 aromatic rings. The van der Waals surface area contributed by atoms with Gasteiger partial charge < -0.3 is 15.3 Å². The van der Waals surface area contributed by atoms with E-state index in [1.165, 1.54) is 6.92 Å². The molecule has 3 rings (SSSR count). The van der Waals surface area contributed by atoms with Crippen LogP contribution in [0.2, 0.25) is 0 Å². The van der Waals surface area contributed by atoms with Gasteiger partial charge in [-0.3, -0.25) is 14.4 Å². The third-order valence-electron chi connectivity index (χ3n) is 3.17. The van der Waals surface area contributed by atoms with Crippen molar-refractivity contribution in [3.63, 3.8) is 0 Å². The molecule has 2 aliphatic carbocycles. The second kappa shape index (κ2) is 4.35. The number of rotatable bonds is 1. The zero-order valence-electron chi connectivity index (χ0n) is 10.4. The monoisotopic (exact) mass is 291 g/mol. The van der Waals surface area contributed by atoms with Crippen LogP contribution >= 0.6 is 11.6 Å². The Morgan fingerprint density at radius 1 is 1.30 bits per heavy atom. The first kappa shape index (κ1) is 12.7. The minimum Gasteiger partial charge on any atom is -0.346 e. The molecule has 7 heteroatoms. The molecule has 0 fully saturated rings. The summed E-state index contributed by atoms with van der Waals surface area (Å²) in [5, 5.41) is 4.21. The average Bonchev–Trinajstić information content (AvgIpc) is 2.73. The minimum absolute atomic E-state index is 0.204. The molecule has 1 heterocycles. The third kappa shape index (κ3) is 1.85. The average molecular weight is 292 g/mol. The molecule has 1 atom stereocenters. The van der Waals surface area contributed by atoms with Gasteiger partial charge in [-0.1, -0.05) is 17.7 Å². The van der Waals surface area contributed by atoms with E-state index in [1.54, 1.807) is 18.2 Å². The molecule has 20 heavy (non-hydrogen) atoms. The summed E-state index contributed by atoms with van der Waals surface area (Å²) in [4.78, 5) is 39.1. The second-order valence-electron chi connectivity index (χ2n) is 4.55. The largest absolute Gasteiger partial charge is 0.346 e. The summed E-state index contributed by atoms with van der Waals surface area (Å²) in [5.41, 5.74) is -0.102. The van der Waals surface area contributed by atoms with Crippen LogP contribution in [-0.2, 0) is 4.79 Å². The van der Waals surface area contributed by atoms with Crippen LogP contribution in [0.4, 0.5) is 0 Å². The molecule has 102 valence electrons. The van der Waals surface area contributed by atoms with Crippen LogP contribution in [0.5, 0.6) is 0 Å². The Balaban J connectivity index is 2.36. The molecular formula is C13H10ClN3O3. The number of H-pyrrole nitrogens is 2. The lowest BCUT2D eigenvalue weighted by Crippen LogP contribution is -2.48. The van der Waals surface area contributed by atoms with Crippen molar-refractivity contribution < 1.29 is 4.79 Å². The van der Waals surface area contributed by atoms with Crippen LogP contribution in [0.25, 0.3) is 11.6 Å². The molecule has 1 unspecified atom stereocenters. The first-order chi connectivity index (χ1) is 9.47. The molecule has 0 aliphatic heterocycles. The topological polar surface area (TPSA) is 94.8 Å². The lowest BCUT2D eigenvalue weighted by atomic mass is 9.95. The number of hydrogen-bond donors (Lipinski definition) is 3. The van der Waals surface area contributed by atoms with Gasteiger partial charge in [-0.15, -0.1) is 0 Å². The normalized spacial score (nSPS) is 19.5. The van der Waals surface area contributed by atoms with Gasteiger partial charge >= 0.3 is 11.1 Å². The SMILES string of the molecule is CC(=O)NC1C=CC(Cl)=C2C=c3[nH]c(=O)c(=O)[nH]c3=C21. The Morgan fingerprint density at radius 2 is 2.00 bits per heavy atom. The Kier molecular flexibility index (Phi) is 2.76. The summed E-state index contributed by atoms with van der Waals surface area (Å²) in [5.74, 6) is -0.204. The van der Waals surface area contributed by atoms with Gasteiger partial charge in [0.1, 0.15) is 0 Å². The maximum atomic E-state index is 11.5. The number of fused-ring (bicyclic) bond motifs is 2. The van der Waals surface area contributed by atoms with E-state index in [1.807, 2.05) is 0 Å². The van der Waals surface area contributed by atoms with Gasteiger partial charge in [-0.05, 0) is 12.2 Å². The summed E-state index contributed by atoms with van der Waals surface area (Å²) in [7, 11) is 0. The van der Waals surface area contributed by atoms with Crippen LogP contribution in [-0.4, -0.2) is 21.9 Å². The molecule has 0 radical (unpaired) electrons. The number of halogens is 1. The van der Waals surface area contributed by atoms with Gasteiger partial charge in [0.05, 0.1) is 16.7 Å². The van der Waals surface area contributed by atoms with Crippen molar-refractivity contribution in [3.8, 4) is 0 Å². The third-order valence-corrected chi connectivity index (χ3v) is 3.50. The van der Waals surface area contributed by atoms with Crippen LogP contribution in [0.3, 0.4) is 0 Å². The van der Waals surface area contributed by atoms with Crippen molar-refractivity contribution in [2.24, 2.45) is 0 Å². The number of amides is 1. The number of aromatic nitrogens is 2. The highest BCUT2D eigenvalue weighted by molar-refractivity contribution is 6.33. The number of aromatic amines is 2. The lowest BCUT2D eigenvalue weighted by molar-refractivity contribution is -0.119. The fraction of sp³-hybridized carbons (Fsp3) is 0.154. The van der Waals surface area contributed by atoms with Crippen molar-refractivity contribution in [1.82, 2.24) is 15.3 Å². The van der Waals surface area contributed by atoms with E-state index in [0.29, 0.717) is 26.9 Å². The van der Waals surface area contributed by atoms with Gasteiger partial charge in [0.15, 0.2) is 0 Å². The second-order valence-corrected chi connectivity index (χ2v) is 4.96. The van der Waals surface area contributed by atoms with E-state index in [0.717, 1.165) is 0 Å². The fourth-order valence-corrected chi connectivity index (χ4v) is 2.61. The molecule has 1 amide bonds. The van der Waals surface area contributed by atoms with Crippen molar-refractivity contribution in [2.75, 3.05) is 0 Å². The van der Waals surface area contributed by atoms with E-state index in [4.69, 9.17) is 11.6 Å². The van der Waals surface area contributed by atoms with Crippen molar-refractivity contribution in [1.29, 1.82) is 0 Å². The van der Waals surface area contributed by atoms with Crippen LogP contribution in [0.15, 0.2) is 32.3 Å². The summed E-state index contributed by atoms with van der Waals surface area (Å²) in [6.07, 6.45) is 5.09. The van der Waals surface area contributed by atoms with Gasteiger partial charge in [-0.2, -0.15) is 0 Å². The van der Waals surface area contributed by atoms with Gasteiger partial charge in [-0.25, -0.2) is 0 Å². The molecule has 3 N–H and O–H groups in total. The van der Waals surface area contributed by atoms with Crippen molar-refractivity contribution in [3.05, 3.63) is 54.2 Å². The number of carbonyl (C=O) groups excluding carboxylic acids is 1. The van der Waals surface area contributed by atoms with Crippen molar-refractivity contribution >= 4 is 29.2 Å². The quantitative estimate of drug-likeness (QED) is 0.554. The Labute approximate surface area is 117 Å². The van der Waals surface area contributed by atoms with E-state index in [2.05, 4.69) is 15.3 Å². The Bertz CT molecular complexity index is 917. The standard InChI is InChI=1S/C13H10ClN3O3/c1-5(18)15-8-3-2-7(14)6-4-9-11(10(6)8)17-13(20)12(19)16-9/h2-4,8H,1H3,(H,15,18)(H,16,19)(H,17,20). The van der Waals surface area contributed by atoms with Gasteiger partial charge in [0.2, 0.25) is 5.91 Å². The van der Waals surface area contributed by atoms with Crippen LogP contribution < -0.4 is 27.1 Å². The molecule has 0 spiro atoms. The zero-order chi connectivity index (χ0) is 14.4. The maximum absolute atomic E-state index is 11.5. The maximum Gasteiger partial charge on any atom is 0.314 e. The molecule has 1 aromatic heterocycles. The van der Waals surface area contributed by atoms with E-state index in [-0.39, 0.29) is 5.91 Å². The van der Waals surface area contributed by atoms with E-state index in [9.17, 15) is 14.4 Å². The lowest BCUT2D eigenvalue weighted by Gasteiger charge is -2.21. The summed E-state index contributed by atoms with van der Waals surface area (Å²) in [6, 6.07) is -0.399. The van der Waals surface area contributed by atoms with E-state index >= 15 is 0 Å². The molecule has 2 aliphatic rings. The smallest absolute Gasteiger partial charge is 0.314 e. The summed E-state index contributed by atoms with van der Waals surface area (Å²) < 4.78 is 0. The highest BCUT2D eigenvalue weighted by atomic mass is 35.5.